The molecule has 1 aromatic carbocycles. The SMILES string of the molecule is Cn1cc(C(=O)N2C[C@@H]3[C@@H](CNC(=O)c4ccncc4)CO[C@@H]3C2)c2ccccc21. The molecule has 154 valence electrons. The zero-order chi connectivity index (χ0) is 20.7. The highest BCUT2D eigenvalue weighted by Crippen LogP contribution is 2.34. The third kappa shape index (κ3) is 3.25. The molecule has 7 heteroatoms. The van der Waals surface area contributed by atoms with Crippen molar-refractivity contribution in [3.8, 4) is 0 Å². The van der Waals surface area contributed by atoms with E-state index in [1.54, 1.807) is 24.5 Å². The lowest BCUT2D eigenvalue weighted by Crippen LogP contribution is -2.35. The number of amides is 2. The van der Waals surface area contributed by atoms with Gasteiger partial charge in [0.1, 0.15) is 0 Å². The fourth-order valence-electron chi connectivity index (χ4n) is 4.69. The van der Waals surface area contributed by atoms with Gasteiger partial charge in [-0.2, -0.15) is 0 Å². The minimum absolute atomic E-state index is 0.0340. The average molecular weight is 404 g/mol. The number of carbonyl (C=O) groups excluding carboxylic acids is 2. The van der Waals surface area contributed by atoms with Crippen LogP contribution in [-0.2, 0) is 11.8 Å². The molecule has 2 aliphatic heterocycles. The number of pyridine rings is 1. The number of rotatable bonds is 4. The van der Waals surface area contributed by atoms with Crippen LogP contribution in [0.3, 0.4) is 0 Å². The van der Waals surface area contributed by atoms with Crippen LogP contribution in [0.1, 0.15) is 20.7 Å². The topological polar surface area (TPSA) is 76.5 Å². The van der Waals surface area contributed by atoms with Crippen molar-refractivity contribution in [1.82, 2.24) is 19.8 Å². The molecule has 0 bridgehead atoms. The van der Waals surface area contributed by atoms with Crippen LogP contribution in [0, 0.1) is 11.8 Å². The Bertz CT molecular complexity index is 1090. The molecule has 2 amide bonds. The number of benzene rings is 1. The summed E-state index contributed by atoms with van der Waals surface area (Å²) in [4.78, 5) is 31.4. The summed E-state index contributed by atoms with van der Waals surface area (Å²) in [5.74, 6) is 0.375. The number of nitrogens with one attached hydrogen (secondary N) is 1. The first kappa shape index (κ1) is 18.8. The molecule has 2 aromatic heterocycles. The second-order valence-corrected chi connectivity index (χ2v) is 8.12. The lowest BCUT2D eigenvalue weighted by molar-refractivity contribution is 0.0676. The summed E-state index contributed by atoms with van der Waals surface area (Å²) >= 11 is 0. The fourth-order valence-corrected chi connectivity index (χ4v) is 4.69. The Morgan fingerprint density at radius 1 is 1.17 bits per heavy atom. The van der Waals surface area contributed by atoms with Crippen molar-refractivity contribution in [2.45, 2.75) is 6.10 Å². The van der Waals surface area contributed by atoms with Gasteiger partial charge in [0.15, 0.2) is 0 Å². The van der Waals surface area contributed by atoms with Crippen molar-refractivity contribution in [3.05, 3.63) is 66.1 Å². The van der Waals surface area contributed by atoms with E-state index in [1.165, 1.54) is 0 Å². The van der Waals surface area contributed by atoms with E-state index in [0.29, 0.717) is 31.8 Å². The second-order valence-electron chi connectivity index (χ2n) is 8.12. The molecule has 0 saturated carbocycles. The molecule has 3 atom stereocenters. The fraction of sp³-hybridized carbons (Fsp3) is 0.348. The van der Waals surface area contributed by atoms with Gasteiger partial charge in [0.25, 0.3) is 11.8 Å². The van der Waals surface area contributed by atoms with Crippen molar-refractivity contribution >= 4 is 22.7 Å². The van der Waals surface area contributed by atoms with Gasteiger partial charge < -0.3 is 19.5 Å². The number of hydrogen-bond acceptors (Lipinski definition) is 4. The zero-order valence-electron chi connectivity index (χ0n) is 16.8. The largest absolute Gasteiger partial charge is 0.376 e. The smallest absolute Gasteiger partial charge is 0.256 e. The number of hydrogen-bond donors (Lipinski definition) is 1. The molecular weight excluding hydrogens is 380 g/mol. The van der Waals surface area contributed by atoms with E-state index in [1.807, 2.05) is 47.0 Å². The van der Waals surface area contributed by atoms with Gasteiger partial charge in [0.2, 0.25) is 0 Å². The highest BCUT2D eigenvalue weighted by Gasteiger charge is 2.45. The number of ether oxygens (including phenoxy) is 1. The van der Waals surface area contributed by atoms with Crippen LogP contribution in [0.5, 0.6) is 0 Å². The van der Waals surface area contributed by atoms with Crippen molar-refractivity contribution in [3.63, 3.8) is 0 Å². The van der Waals surface area contributed by atoms with Crippen LogP contribution in [0.2, 0.25) is 0 Å². The Kier molecular flexibility index (Phi) is 4.75. The van der Waals surface area contributed by atoms with Gasteiger partial charge in [-0.05, 0) is 18.2 Å². The summed E-state index contributed by atoms with van der Waals surface area (Å²) in [7, 11) is 1.96. The molecular formula is C23H24N4O3. The molecule has 0 unspecified atom stereocenters. The van der Waals surface area contributed by atoms with E-state index in [4.69, 9.17) is 4.74 Å². The third-order valence-electron chi connectivity index (χ3n) is 6.32. The van der Waals surface area contributed by atoms with Gasteiger partial charge in [0.05, 0.1) is 18.3 Å². The Labute approximate surface area is 174 Å². The molecule has 2 saturated heterocycles. The number of likely N-dealkylation sites (tertiary alicyclic amines) is 1. The summed E-state index contributed by atoms with van der Waals surface area (Å²) in [6, 6.07) is 11.4. The molecule has 2 fully saturated rings. The van der Waals surface area contributed by atoms with E-state index in [-0.39, 0.29) is 29.8 Å². The van der Waals surface area contributed by atoms with Crippen LogP contribution in [0.25, 0.3) is 10.9 Å². The molecule has 0 aliphatic carbocycles. The Morgan fingerprint density at radius 3 is 2.80 bits per heavy atom. The predicted molar refractivity (Wildman–Crippen MR) is 112 cm³/mol. The van der Waals surface area contributed by atoms with Gasteiger partial charge in [-0.3, -0.25) is 14.6 Å². The number of para-hydroxylation sites is 1. The first-order chi connectivity index (χ1) is 14.6. The molecule has 30 heavy (non-hydrogen) atoms. The maximum atomic E-state index is 13.2. The second kappa shape index (κ2) is 7.57. The molecule has 3 aromatic rings. The van der Waals surface area contributed by atoms with Gasteiger partial charge in [-0.25, -0.2) is 0 Å². The van der Waals surface area contributed by atoms with Gasteiger partial charge in [-0.15, -0.1) is 0 Å². The molecule has 2 aliphatic rings. The normalized spacial score (nSPS) is 23.0. The van der Waals surface area contributed by atoms with Gasteiger partial charge >= 0.3 is 0 Å². The standard InChI is InChI=1S/C23H24N4O3/c1-26-11-19(17-4-2-3-5-20(17)26)23(29)27-12-18-16(14-30-21(18)13-27)10-25-22(28)15-6-8-24-9-7-15/h2-9,11,16,18,21H,10,12-14H2,1H3,(H,25,28)/t16-,18+,21+/m0/s1. The molecule has 1 N–H and O–H groups in total. The molecule has 5 rings (SSSR count). The number of aryl methyl sites for hydroxylation is 1. The summed E-state index contributed by atoms with van der Waals surface area (Å²) in [5.41, 5.74) is 2.38. The molecule has 4 heterocycles. The Balaban J connectivity index is 1.26. The van der Waals surface area contributed by atoms with Crippen molar-refractivity contribution in [1.29, 1.82) is 0 Å². The average Bonchev–Trinajstić information content (AvgIpc) is 3.46. The summed E-state index contributed by atoms with van der Waals surface area (Å²) in [6.45, 7) is 2.41. The minimum atomic E-state index is -0.109. The van der Waals surface area contributed by atoms with Gasteiger partial charge in [0, 0.05) is 73.6 Å². The maximum Gasteiger partial charge on any atom is 0.256 e. The number of carbonyl (C=O) groups is 2. The van der Waals surface area contributed by atoms with Crippen LogP contribution in [0.4, 0.5) is 0 Å². The Morgan fingerprint density at radius 2 is 1.97 bits per heavy atom. The minimum Gasteiger partial charge on any atom is -0.376 e. The highest BCUT2D eigenvalue weighted by atomic mass is 16.5. The van der Waals surface area contributed by atoms with Crippen molar-refractivity contribution < 1.29 is 14.3 Å². The van der Waals surface area contributed by atoms with Gasteiger partial charge in [-0.1, -0.05) is 18.2 Å². The van der Waals surface area contributed by atoms with Crippen LogP contribution >= 0.6 is 0 Å². The number of nitrogens with zero attached hydrogens (tertiary/aromatic N) is 3. The monoisotopic (exact) mass is 404 g/mol. The maximum absolute atomic E-state index is 13.2. The van der Waals surface area contributed by atoms with Crippen molar-refractivity contribution in [2.24, 2.45) is 18.9 Å². The van der Waals surface area contributed by atoms with Crippen molar-refractivity contribution in [2.75, 3.05) is 26.2 Å². The van der Waals surface area contributed by atoms with Crippen LogP contribution < -0.4 is 5.32 Å². The van der Waals surface area contributed by atoms with E-state index < -0.39 is 0 Å². The van der Waals surface area contributed by atoms with E-state index in [0.717, 1.165) is 16.5 Å². The first-order valence-corrected chi connectivity index (χ1v) is 10.2. The molecule has 7 nitrogen and oxygen atoms in total. The summed E-state index contributed by atoms with van der Waals surface area (Å²) < 4.78 is 7.97. The molecule has 0 spiro atoms. The molecule has 0 radical (unpaired) electrons. The van der Waals surface area contributed by atoms with E-state index >= 15 is 0 Å². The van der Waals surface area contributed by atoms with Crippen LogP contribution in [-0.4, -0.2) is 58.6 Å². The van der Waals surface area contributed by atoms with E-state index in [9.17, 15) is 9.59 Å². The quantitative estimate of drug-likeness (QED) is 0.723. The first-order valence-electron chi connectivity index (χ1n) is 10.2. The third-order valence-corrected chi connectivity index (χ3v) is 6.32. The summed E-state index contributed by atoms with van der Waals surface area (Å²) in [5, 5.41) is 3.98. The zero-order valence-corrected chi connectivity index (χ0v) is 16.8. The lowest BCUT2D eigenvalue weighted by atomic mass is 9.93. The number of aromatic nitrogens is 2. The Hall–Kier alpha value is -3.19. The summed E-state index contributed by atoms with van der Waals surface area (Å²) in [6.07, 6.45) is 5.16. The predicted octanol–water partition coefficient (Wildman–Crippen LogP) is 2.09. The highest BCUT2D eigenvalue weighted by molar-refractivity contribution is 6.07. The lowest BCUT2D eigenvalue weighted by Gasteiger charge is -2.20. The number of fused-ring (bicyclic) bond motifs is 2. The van der Waals surface area contributed by atoms with E-state index in [2.05, 4.69) is 10.3 Å². The van der Waals surface area contributed by atoms with Crippen LogP contribution in [0.15, 0.2) is 55.0 Å².